The van der Waals surface area contributed by atoms with Crippen molar-refractivity contribution in [2.45, 2.75) is 26.4 Å². The fourth-order valence-corrected chi connectivity index (χ4v) is 2.24. The van der Waals surface area contributed by atoms with E-state index in [4.69, 9.17) is 4.74 Å². The molecule has 0 aromatic heterocycles. The van der Waals surface area contributed by atoms with Crippen molar-refractivity contribution < 1.29 is 4.74 Å². The molecular weight excluding hydrogens is 208 g/mol. The first-order valence-electron chi connectivity index (χ1n) is 5.83. The molecule has 0 aliphatic rings. The number of rotatable bonds is 3. The highest BCUT2D eigenvalue weighted by molar-refractivity contribution is 5.86. The number of fused-ring (bicyclic) bond motifs is 1. The lowest BCUT2D eigenvalue weighted by atomic mass is 9.92. The van der Waals surface area contributed by atoms with Gasteiger partial charge in [0.25, 0.3) is 0 Å². The maximum atomic E-state index is 5.84. The fraction of sp³-hybridized carbons (Fsp3) is 0.250. The second-order valence-corrected chi connectivity index (χ2v) is 4.84. The van der Waals surface area contributed by atoms with Gasteiger partial charge in [-0.2, -0.15) is 0 Å². The van der Waals surface area contributed by atoms with Crippen LogP contribution in [0, 0.1) is 0 Å². The molecule has 0 saturated carbocycles. The standard InChI is InChI=1S/C16H18O/c1-12(2)17-16(3,4)15-11-7-9-13-8-5-6-10-14(13)15/h5-11H,1H2,2-4H3. The minimum atomic E-state index is -0.354. The van der Waals surface area contributed by atoms with Crippen molar-refractivity contribution in [2.24, 2.45) is 0 Å². The Labute approximate surface area is 103 Å². The Morgan fingerprint density at radius 3 is 2.41 bits per heavy atom. The molecule has 1 nitrogen and oxygen atoms in total. The first-order valence-corrected chi connectivity index (χ1v) is 5.83. The molecule has 1 heteroatoms. The molecule has 0 aliphatic heterocycles. The summed E-state index contributed by atoms with van der Waals surface area (Å²) in [5.74, 6) is 0.739. The van der Waals surface area contributed by atoms with E-state index in [-0.39, 0.29) is 5.60 Å². The number of ether oxygens (including phenoxy) is 1. The maximum absolute atomic E-state index is 5.84. The molecule has 2 aromatic carbocycles. The normalized spacial score (nSPS) is 11.5. The highest BCUT2D eigenvalue weighted by atomic mass is 16.5. The van der Waals surface area contributed by atoms with E-state index in [9.17, 15) is 0 Å². The van der Waals surface area contributed by atoms with Crippen molar-refractivity contribution >= 4 is 10.8 Å². The number of hydrogen-bond donors (Lipinski definition) is 0. The minimum absolute atomic E-state index is 0.354. The van der Waals surface area contributed by atoms with E-state index in [1.807, 2.05) is 6.92 Å². The van der Waals surface area contributed by atoms with E-state index >= 15 is 0 Å². The summed E-state index contributed by atoms with van der Waals surface area (Å²) in [5.41, 5.74) is 0.839. The third-order valence-corrected chi connectivity index (χ3v) is 2.87. The van der Waals surface area contributed by atoms with Crippen LogP contribution < -0.4 is 0 Å². The van der Waals surface area contributed by atoms with Crippen molar-refractivity contribution in [3.8, 4) is 0 Å². The second-order valence-electron chi connectivity index (χ2n) is 4.84. The van der Waals surface area contributed by atoms with Crippen LogP contribution in [0.25, 0.3) is 10.8 Å². The fourth-order valence-electron chi connectivity index (χ4n) is 2.24. The SMILES string of the molecule is C=C(C)OC(C)(C)c1cccc2ccccc12. The van der Waals surface area contributed by atoms with Gasteiger partial charge >= 0.3 is 0 Å². The molecule has 0 unspecified atom stereocenters. The number of allylic oxidation sites excluding steroid dienone is 1. The lowest BCUT2D eigenvalue weighted by Crippen LogP contribution is -2.20. The quantitative estimate of drug-likeness (QED) is 0.693. The van der Waals surface area contributed by atoms with Crippen molar-refractivity contribution in [1.82, 2.24) is 0 Å². The summed E-state index contributed by atoms with van der Waals surface area (Å²) in [6, 6.07) is 14.7. The topological polar surface area (TPSA) is 9.23 Å². The van der Waals surface area contributed by atoms with Gasteiger partial charge < -0.3 is 4.74 Å². The van der Waals surface area contributed by atoms with Gasteiger partial charge in [-0.1, -0.05) is 49.0 Å². The van der Waals surface area contributed by atoms with Gasteiger partial charge in [-0.3, -0.25) is 0 Å². The van der Waals surface area contributed by atoms with E-state index in [2.05, 4.69) is 62.9 Å². The Kier molecular flexibility index (Phi) is 2.93. The monoisotopic (exact) mass is 226 g/mol. The summed E-state index contributed by atoms with van der Waals surface area (Å²) in [4.78, 5) is 0. The van der Waals surface area contributed by atoms with Crippen LogP contribution in [0.15, 0.2) is 54.8 Å². The Bertz CT molecular complexity index is 547. The third kappa shape index (κ3) is 2.33. The highest BCUT2D eigenvalue weighted by Gasteiger charge is 2.24. The molecule has 2 aromatic rings. The van der Waals surface area contributed by atoms with E-state index in [1.165, 1.54) is 16.3 Å². The van der Waals surface area contributed by atoms with E-state index < -0.39 is 0 Å². The number of hydrogen-bond acceptors (Lipinski definition) is 1. The van der Waals surface area contributed by atoms with Gasteiger partial charge in [0.2, 0.25) is 0 Å². The van der Waals surface area contributed by atoms with Crippen molar-refractivity contribution in [2.75, 3.05) is 0 Å². The van der Waals surface area contributed by atoms with Crippen molar-refractivity contribution in [3.63, 3.8) is 0 Å². The van der Waals surface area contributed by atoms with Gasteiger partial charge in [0.15, 0.2) is 0 Å². The first-order chi connectivity index (χ1) is 8.00. The molecule has 0 spiro atoms. The van der Waals surface area contributed by atoms with Gasteiger partial charge in [-0.05, 0) is 31.5 Å². The Morgan fingerprint density at radius 2 is 1.71 bits per heavy atom. The van der Waals surface area contributed by atoms with E-state index in [1.54, 1.807) is 0 Å². The summed E-state index contributed by atoms with van der Waals surface area (Å²) in [5, 5.41) is 2.48. The van der Waals surface area contributed by atoms with E-state index in [0.29, 0.717) is 0 Å². The van der Waals surface area contributed by atoms with Crippen LogP contribution in [-0.4, -0.2) is 0 Å². The van der Waals surface area contributed by atoms with Crippen LogP contribution in [0.3, 0.4) is 0 Å². The van der Waals surface area contributed by atoms with E-state index in [0.717, 1.165) is 5.76 Å². The zero-order chi connectivity index (χ0) is 12.5. The molecule has 0 fully saturated rings. The summed E-state index contributed by atoms with van der Waals surface area (Å²) >= 11 is 0. The van der Waals surface area contributed by atoms with Crippen molar-refractivity contribution in [1.29, 1.82) is 0 Å². The summed E-state index contributed by atoms with van der Waals surface area (Å²) in [6.45, 7) is 9.85. The van der Waals surface area contributed by atoms with Crippen molar-refractivity contribution in [3.05, 3.63) is 60.4 Å². The summed E-state index contributed by atoms with van der Waals surface area (Å²) in [6.07, 6.45) is 0. The second kappa shape index (κ2) is 4.25. The smallest absolute Gasteiger partial charge is 0.128 e. The first kappa shape index (κ1) is 11.7. The molecule has 0 atom stereocenters. The number of benzene rings is 2. The third-order valence-electron chi connectivity index (χ3n) is 2.87. The minimum Gasteiger partial charge on any atom is -0.488 e. The molecule has 88 valence electrons. The zero-order valence-electron chi connectivity index (χ0n) is 10.7. The predicted octanol–water partition coefficient (Wildman–Crippen LogP) is 4.63. The zero-order valence-corrected chi connectivity index (χ0v) is 10.7. The van der Waals surface area contributed by atoms with Crippen LogP contribution in [0.1, 0.15) is 26.3 Å². The molecule has 0 heterocycles. The summed E-state index contributed by atoms with van der Waals surface area (Å²) in [7, 11) is 0. The predicted molar refractivity (Wildman–Crippen MR) is 72.9 cm³/mol. The Morgan fingerprint density at radius 1 is 1.06 bits per heavy atom. The van der Waals surface area contributed by atoms with Crippen LogP contribution >= 0.6 is 0 Å². The lowest BCUT2D eigenvalue weighted by molar-refractivity contribution is 0.0350. The van der Waals surface area contributed by atoms with Crippen LogP contribution in [0.2, 0.25) is 0 Å². The Hall–Kier alpha value is -1.76. The van der Waals surface area contributed by atoms with Gasteiger partial charge in [0.05, 0.1) is 5.76 Å². The molecule has 0 aliphatic carbocycles. The average molecular weight is 226 g/mol. The molecule has 0 bridgehead atoms. The van der Waals surface area contributed by atoms with Gasteiger partial charge in [0.1, 0.15) is 5.60 Å². The van der Waals surface area contributed by atoms with Crippen LogP contribution in [0.5, 0.6) is 0 Å². The molecule has 0 saturated heterocycles. The largest absolute Gasteiger partial charge is 0.488 e. The maximum Gasteiger partial charge on any atom is 0.128 e. The molecule has 0 radical (unpaired) electrons. The van der Waals surface area contributed by atoms with Gasteiger partial charge in [-0.15, -0.1) is 0 Å². The average Bonchev–Trinajstić information content (AvgIpc) is 2.26. The highest BCUT2D eigenvalue weighted by Crippen LogP contribution is 2.32. The van der Waals surface area contributed by atoms with Gasteiger partial charge in [-0.25, -0.2) is 0 Å². The molecular formula is C16H18O. The van der Waals surface area contributed by atoms with Crippen LogP contribution in [0.4, 0.5) is 0 Å². The van der Waals surface area contributed by atoms with Gasteiger partial charge in [0, 0.05) is 5.56 Å². The Balaban J connectivity index is 2.58. The lowest BCUT2D eigenvalue weighted by Gasteiger charge is -2.28. The van der Waals surface area contributed by atoms with Crippen LogP contribution in [-0.2, 0) is 10.3 Å². The molecule has 0 amide bonds. The molecule has 0 N–H and O–H groups in total. The molecule has 2 rings (SSSR count). The summed E-state index contributed by atoms with van der Waals surface area (Å²) < 4.78 is 5.84. The molecule has 17 heavy (non-hydrogen) atoms.